The number of carbonyl (C=O) groups is 3. The number of imide groups is 1. The van der Waals surface area contributed by atoms with Crippen molar-refractivity contribution in [2.45, 2.75) is 11.6 Å². The maximum Gasteiger partial charge on any atom is 0.326 e. The molecule has 1 aliphatic rings. The van der Waals surface area contributed by atoms with E-state index < -0.39 is 29.4 Å². The molecule has 0 radical (unpaired) electrons. The van der Waals surface area contributed by atoms with Gasteiger partial charge in [-0.25, -0.2) is 9.69 Å². The number of nitrogens with two attached hydrogens (primary N) is 1. The minimum Gasteiger partial charge on any atom is -0.368 e. The molecule has 6 nitrogen and oxygen atoms in total. The average molecular weight is 385 g/mol. The topological polar surface area (TPSA) is 92.5 Å². The molecule has 3 aromatic rings. The summed E-state index contributed by atoms with van der Waals surface area (Å²) in [6.45, 7) is 0. The van der Waals surface area contributed by atoms with Gasteiger partial charge in [-0.3, -0.25) is 9.59 Å². The zero-order valence-electron chi connectivity index (χ0n) is 15.5. The average Bonchev–Trinajstić information content (AvgIpc) is 3.02. The molecule has 0 spiro atoms. The number of hydrogen-bond acceptors (Lipinski definition) is 3. The summed E-state index contributed by atoms with van der Waals surface area (Å²) in [5.41, 5.74) is 5.86. The Bertz CT molecular complexity index is 1010. The van der Waals surface area contributed by atoms with E-state index in [1.165, 1.54) is 0 Å². The molecule has 1 heterocycles. The fourth-order valence-corrected chi connectivity index (χ4v) is 3.79. The maximum absolute atomic E-state index is 13.8. The molecule has 29 heavy (non-hydrogen) atoms. The van der Waals surface area contributed by atoms with Gasteiger partial charge in [-0.05, 0) is 16.7 Å². The van der Waals surface area contributed by atoms with Crippen LogP contribution in [0, 0.1) is 0 Å². The second kappa shape index (κ2) is 7.24. The van der Waals surface area contributed by atoms with Gasteiger partial charge in [0, 0.05) is 0 Å². The van der Waals surface area contributed by atoms with E-state index in [2.05, 4.69) is 5.32 Å². The highest BCUT2D eigenvalue weighted by atomic mass is 16.2. The van der Waals surface area contributed by atoms with Crippen LogP contribution in [0.2, 0.25) is 0 Å². The zero-order valence-corrected chi connectivity index (χ0v) is 15.5. The number of nitrogens with zero attached hydrogens (tertiary/aromatic N) is 1. The largest absolute Gasteiger partial charge is 0.368 e. The van der Waals surface area contributed by atoms with Crippen molar-refractivity contribution in [3.8, 4) is 0 Å². The molecule has 3 N–H and O–H groups in total. The molecule has 4 rings (SSSR count). The summed E-state index contributed by atoms with van der Waals surface area (Å²) < 4.78 is 0. The molecular formula is C23H19N3O3. The van der Waals surface area contributed by atoms with E-state index in [0.717, 1.165) is 4.90 Å². The third-order valence-corrected chi connectivity index (χ3v) is 5.11. The van der Waals surface area contributed by atoms with Gasteiger partial charge in [0.2, 0.25) is 5.91 Å². The second-order valence-corrected chi connectivity index (χ2v) is 6.80. The Labute approximate surface area is 167 Å². The first kappa shape index (κ1) is 18.4. The molecule has 0 bridgehead atoms. The van der Waals surface area contributed by atoms with Crippen LogP contribution in [0.1, 0.15) is 22.7 Å². The molecule has 6 heteroatoms. The molecule has 3 aromatic carbocycles. The molecule has 144 valence electrons. The Hall–Kier alpha value is -3.93. The molecule has 1 atom stereocenters. The summed E-state index contributed by atoms with van der Waals surface area (Å²) in [6, 6.07) is 24.6. The van der Waals surface area contributed by atoms with Gasteiger partial charge in [0.05, 0.1) is 0 Å². The number of rotatable bonds is 5. The van der Waals surface area contributed by atoms with E-state index in [9.17, 15) is 14.4 Å². The number of primary amides is 1. The number of urea groups is 1. The molecular weight excluding hydrogens is 366 g/mol. The van der Waals surface area contributed by atoms with Crippen LogP contribution in [0.5, 0.6) is 0 Å². The normalized spacial score (nSPS) is 16.3. The molecule has 0 aliphatic carbocycles. The van der Waals surface area contributed by atoms with Crippen molar-refractivity contribution in [1.29, 1.82) is 0 Å². The van der Waals surface area contributed by atoms with E-state index in [0.29, 0.717) is 16.7 Å². The van der Waals surface area contributed by atoms with Gasteiger partial charge in [0.25, 0.3) is 5.91 Å². The van der Waals surface area contributed by atoms with Gasteiger partial charge in [0.15, 0.2) is 5.54 Å². The van der Waals surface area contributed by atoms with Gasteiger partial charge in [-0.15, -0.1) is 0 Å². The third-order valence-electron chi connectivity index (χ3n) is 5.11. The van der Waals surface area contributed by atoms with Crippen molar-refractivity contribution >= 4 is 17.8 Å². The minimum absolute atomic E-state index is 0.473. The first-order chi connectivity index (χ1) is 14.1. The lowest BCUT2D eigenvalue weighted by atomic mass is 9.82. The van der Waals surface area contributed by atoms with E-state index in [1.807, 2.05) is 12.1 Å². The van der Waals surface area contributed by atoms with Crippen molar-refractivity contribution in [2.75, 3.05) is 0 Å². The molecule has 1 aliphatic heterocycles. The highest BCUT2D eigenvalue weighted by molar-refractivity contribution is 6.12. The highest BCUT2D eigenvalue weighted by Gasteiger charge is 2.56. The number of nitrogens with one attached hydrogen (secondary N) is 1. The Morgan fingerprint density at radius 3 is 1.69 bits per heavy atom. The zero-order chi connectivity index (χ0) is 20.4. The Morgan fingerprint density at radius 1 is 0.793 bits per heavy atom. The second-order valence-electron chi connectivity index (χ2n) is 6.80. The van der Waals surface area contributed by atoms with Gasteiger partial charge >= 0.3 is 6.03 Å². The molecule has 1 saturated heterocycles. The Balaban J connectivity index is 1.89. The van der Waals surface area contributed by atoms with Crippen LogP contribution in [0.4, 0.5) is 4.79 Å². The predicted octanol–water partition coefficient (Wildman–Crippen LogP) is 2.71. The summed E-state index contributed by atoms with van der Waals surface area (Å²) in [4.78, 5) is 40.1. The van der Waals surface area contributed by atoms with Crippen LogP contribution in [0.25, 0.3) is 0 Å². The van der Waals surface area contributed by atoms with Crippen LogP contribution >= 0.6 is 0 Å². The quantitative estimate of drug-likeness (QED) is 0.662. The van der Waals surface area contributed by atoms with Crippen LogP contribution in [-0.2, 0) is 15.1 Å². The maximum atomic E-state index is 13.8. The van der Waals surface area contributed by atoms with E-state index in [4.69, 9.17) is 5.73 Å². The Kier molecular flexibility index (Phi) is 4.60. The lowest BCUT2D eigenvalue weighted by Gasteiger charge is -2.29. The van der Waals surface area contributed by atoms with Crippen LogP contribution in [0.3, 0.4) is 0 Å². The number of hydrogen-bond donors (Lipinski definition) is 2. The summed E-state index contributed by atoms with van der Waals surface area (Å²) in [7, 11) is 0. The molecule has 0 aromatic heterocycles. The summed E-state index contributed by atoms with van der Waals surface area (Å²) in [5.74, 6) is -1.33. The molecule has 4 amide bonds. The summed E-state index contributed by atoms with van der Waals surface area (Å²) in [6.07, 6.45) is 0. The van der Waals surface area contributed by atoms with Crippen molar-refractivity contribution in [3.63, 3.8) is 0 Å². The van der Waals surface area contributed by atoms with Gasteiger partial charge in [-0.1, -0.05) is 91.0 Å². The van der Waals surface area contributed by atoms with Gasteiger partial charge < -0.3 is 11.1 Å². The lowest BCUT2D eigenvalue weighted by Crippen LogP contribution is -2.46. The van der Waals surface area contributed by atoms with E-state index in [-0.39, 0.29) is 0 Å². The fraction of sp³-hybridized carbons (Fsp3) is 0.0870. The fourth-order valence-electron chi connectivity index (χ4n) is 3.79. The summed E-state index contributed by atoms with van der Waals surface area (Å²) in [5, 5.41) is 2.83. The van der Waals surface area contributed by atoms with Crippen molar-refractivity contribution in [1.82, 2.24) is 10.2 Å². The smallest absolute Gasteiger partial charge is 0.326 e. The van der Waals surface area contributed by atoms with Gasteiger partial charge in [0.1, 0.15) is 6.04 Å². The Morgan fingerprint density at radius 2 is 1.24 bits per heavy atom. The number of carbonyl (C=O) groups excluding carboxylic acids is 3. The van der Waals surface area contributed by atoms with Crippen LogP contribution < -0.4 is 11.1 Å². The lowest BCUT2D eigenvalue weighted by molar-refractivity contribution is -0.136. The van der Waals surface area contributed by atoms with Crippen molar-refractivity contribution in [2.24, 2.45) is 5.73 Å². The van der Waals surface area contributed by atoms with Crippen LogP contribution in [0.15, 0.2) is 91.0 Å². The van der Waals surface area contributed by atoms with Crippen molar-refractivity contribution in [3.05, 3.63) is 108 Å². The SMILES string of the molecule is NC(=O)C(c1ccccc1)N1C(=O)NC(c2ccccc2)(c2ccccc2)C1=O. The first-order valence-electron chi connectivity index (χ1n) is 9.17. The van der Waals surface area contributed by atoms with E-state index in [1.54, 1.807) is 78.9 Å². The van der Waals surface area contributed by atoms with Crippen LogP contribution in [-0.4, -0.2) is 22.7 Å². The van der Waals surface area contributed by atoms with Gasteiger partial charge in [-0.2, -0.15) is 0 Å². The standard InChI is InChI=1S/C23H19N3O3/c24-20(27)19(16-10-4-1-5-11-16)26-21(28)23(25-22(26)29,17-12-6-2-7-13-17)18-14-8-3-9-15-18/h1-15,19H,(H2,24,27)(H,25,29). The minimum atomic E-state index is -1.44. The highest BCUT2D eigenvalue weighted by Crippen LogP contribution is 2.39. The molecule has 1 unspecified atom stereocenters. The monoisotopic (exact) mass is 385 g/mol. The first-order valence-corrected chi connectivity index (χ1v) is 9.17. The third kappa shape index (κ3) is 2.95. The van der Waals surface area contributed by atoms with Crippen molar-refractivity contribution < 1.29 is 14.4 Å². The molecule has 1 fully saturated rings. The number of benzene rings is 3. The van der Waals surface area contributed by atoms with E-state index >= 15 is 0 Å². The predicted molar refractivity (Wildman–Crippen MR) is 107 cm³/mol. The molecule has 0 saturated carbocycles. The summed E-state index contributed by atoms with van der Waals surface area (Å²) >= 11 is 0. The number of amides is 4.